The van der Waals surface area contributed by atoms with Gasteiger partial charge in [-0.15, -0.1) is 8.78 Å². The van der Waals surface area contributed by atoms with E-state index in [2.05, 4.69) is 9.47 Å². The molecular formula is C12H17F9O3. The second-order valence-electron chi connectivity index (χ2n) is 5.75. The summed E-state index contributed by atoms with van der Waals surface area (Å²) in [5.41, 5.74) is -7.47. The summed E-state index contributed by atoms with van der Waals surface area (Å²) in [5.74, 6) is -5.59. The Labute approximate surface area is 131 Å². The van der Waals surface area contributed by atoms with Crippen molar-refractivity contribution in [3.05, 3.63) is 0 Å². The first kappa shape index (κ1) is 23.2. The average molecular weight is 380 g/mol. The summed E-state index contributed by atoms with van der Waals surface area (Å²) < 4.78 is 125. The lowest BCUT2D eigenvalue weighted by Gasteiger charge is -2.41. The molecule has 1 atom stereocenters. The molecule has 3 nitrogen and oxygen atoms in total. The lowest BCUT2D eigenvalue weighted by Crippen LogP contribution is -2.61. The van der Waals surface area contributed by atoms with E-state index in [1.165, 1.54) is 0 Å². The van der Waals surface area contributed by atoms with Gasteiger partial charge < -0.3 is 5.11 Å². The van der Waals surface area contributed by atoms with Crippen molar-refractivity contribution in [2.45, 2.75) is 76.2 Å². The number of hydrogen-bond donors (Lipinski definition) is 1. The van der Waals surface area contributed by atoms with Crippen LogP contribution >= 0.6 is 0 Å². The van der Waals surface area contributed by atoms with Gasteiger partial charge >= 0.3 is 24.4 Å². The summed E-state index contributed by atoms with van der Waals surface area (Å²) in [6.07, 6.45) is -18.2. The fourth-order valence-corrected chi connectivity index (χ4v) is 1.62. The van der Waals surface area contributed by atoms with Gasteiger partial charge in [-0.05, 0) is 27.2 Å². The Balaban J connectivity index is 5.68. The van der Waals surface area contributed by atoms with Gasteiger partial charge in [0.2, 0.25) is 0 Å². The topological polar surface area (TPSA) is 38.7 Å². The van der Waals surface area contributed by atoms with E-state index in [0.29, 0.717) is 0 Å². The third kappa shape index (κ3) is 4.88. The molecule has 12 heteroatoms. The monoisotopic (exact) mass is 380 g/mol. The zero-order chi connectivity index (χ0) is 19.8. The molecule has 1 unspecified atom stereocenters. The number of hydrogen-bond acceptors (Lipinski definition) is 3. The minimum absolute atomic E-state index is 0.0522. The molecular weight excluding hydrogens is 363 g/mol. The van der Waals surface area contributed by atoms with Crippen LogP contribution in [0.5, 0.6) is 0 Å². The van der Waals surface area contributed by atoms with Crippen LogP contribution in [-0.4, -0.2) is 40.8 Å². The van der Waals surface area contributed by atoms with Crippen LogP contribution in [0.4, 0.5) is 39.5 Å². The minimum Gasteiger partial charge on any atom is -0.331 e. The summed E-state index contributed by atoms with van der Waals surface area (Å²) in [7, 11) is 0. The Kier molecular flexibility index (Phi) is 6.32. The highest BCUT2D eigenvalue weighted by atomic mass is 19.3. The SMILES string of the molecule is CCCC(C)(OC(F)(F)OC(F)(F)C(C)(C)F)C(F)(F)C(O)(F)F. The van der Waals surface area contributed by atoms with E-state index in [0.717, 1.165) is 6.92 Å². The van der Waals surface area contributed by atoms with Crippen LogP contribution in [0, 0.1) is 0 Å². The third-order valence-electron chi connectivity index (χ3n) is 3.05. The first-order chi connectivity index (χ1) is 10.2. The van der Waals surface area contributed by atoms with Crippen LogP contribution in [0.25, 0.3) is 0 Å². The van der Waals surface area contributed by atoms with Gasteiger partial charge in [-0.2, -0.15) is 26.3 Å². The van der Waals surface area contributed by atoms with Crippen molar-refractivity contribution < 1.29 is 54.1 Å². The van der Waals surface area contributed by atoms with Crippen LogP contribution in [0.2, 0.25) is 0 Å². The predicted octanol–water partition coefficient (Wildman–Crippen LogP) is 4.69. The molecule has 0 aromatic rings. The standard InChI is InChI=1S/C12H17F9O3/c1-5-6-8(4,9(14,15)10(16,17)22)23-12(20,21)24-11(18,19)7(2,3)13/h22H,5-6H2,1-4H3. The molecule has 0 fully saturated rings. The maximum atomic E-state index is 13.6. The summed E-state index contributed by atoms with van der Waals surface area (Å²) >= 11 is 0. The van der Waals surface area contributed by atoms with Gasteiger partial charge in [0.05, 0.1) is 0 Å². The highest BCUT2D eigenvalue weighted by molar-refractivity contribution is 4.96. The Morgan fingerprint density at radius 1 is 0.792 bits per heavy atom. The van der Waals surface area contributed by atoms with Gasteiger partial charge in [-0.25, -0.2) is 9.13 Å². The van der Waals surface area contributed by atoms with Crippen LogP contribution in [0.3, 0.4) is 0 Å². The first-order valence-corrected chi connectivity index (χ1v) is 6.55. The predicted molar refractivity (Wildman–Crippen MR) is 62.7 cm³/mol. The number of ether oxygens (including phenoxy) is 2. The molecule has 0 aliphatic carbocycles. The summed E-state index contributed by atoms with van der Waals surface area (Å²) in [4.78, 5) is 0. The number of halogens is 9. The van der Waals surface area contributed by atoms with E-state index < -0.39 is 48.5 Å². The van der Waals surface area contributed by atoms with Gasteiger partial charge in [0.15, 0.2) is 5.67 Å². The molecule has 0 heterocycles. The van der Waals surface area contributed by atoms with Crippen molar-refractivity contribution >= 4 is 0 Å². The largest absolute Gasteiger partial charge is 0.491 e. The van der Waals surface area contributed by atoms with Gasteiger partial charge in [0.1, 0.15) is 5.60 Å². The maximum Gasteiger partial charge on any atom is 0.491 e. The molecule has 0 saturated heterocycles. The van der Waals surface area contributed by atoms with E-state index in [-0.39, 0.29) is 20.8 Å². The molecule has 0 aliphatic heterocycles. The molecule has 0 radical (unpaired) electrons. The molecule has 0 bridgehead atoms. The van der Waals surface area contributed by atoms with Crippen LogP contribution in [0.1, 0.15) is 40.5 Å². The van der Waals surface area contributed by atoms with E-state index in [9.17, 15) is 39.5 Å². The fourth-order valence-electron chi connectivity index (χ4n) is 1.62. The number of rotatable bonds is 9. The van der Waals surface area contributed by atoms with Crippen molar-refractivity contribution in [1.82, 2.24) is 0 Å². The van der Waals surface area contributed by atoms with Crippen molar-refractivity contribution in [3.8, 4) is 0 Å². The van der Waals surface area contributed by atoms with Gasteiger partial charge in [0, 0.05) is 0 Å². The van der Waals surface area contributed by atoms with E-state index >= 15 is 0 Å². The molecule has 0 aromatic carbocycles. The van der Waals surface area contributed by atoms with Crippen molar-refractivity contribution in [3.63, 3.8) is 0 Å². The van der Waals surface area contributed by atoms with Crippen molar-refractivity contribution in [2.75, 3.05) is 0 Å². The maximum absolute atomic E-state index is 13.6. The molecule has 146 valence electrons. The highest BCUT2D eigenvalue weighted by Gasteiger charge is 2.70. The zero-order valence-electron chi connectivity index (χ0n) is 13.1. The molecule has 24 heavy (non-hydrogen) atoms. The highest BCUT2D eigenvalue weighted by Crippen LogP contribution is 2.49. The Hall–Kier alpha value is -0.750. The Bertz CT molecular complexity index is 428. The van der Waals surface area contributed by atoms with Crippen molar-refractivity contribution in [2.24, 2.45) is 0 Å². The molecule has 0 amide bonds. The second kappa shape index (κ2) is 6.52. The van der Waals surface area contributed by atoms with Crippen LogP contribution in [0.15, 0.2) is 0 Å². The number of aliphatic hydroxyl groups is 1. The van der Waals surface area contributed by atoms with E-state index in [4.69, 9.17) is 5.11 Å². The summed E-state index contributed by atoms with van der Waals surface area (Å²) in [5, 5.41) is 8.21. The Morgan fingerprint density at radius 2 is 1.21 bits per heavy atom. The average Bonchev–Trinajstić information content (AvgIpc) is 2.22. The smallest absolute Gasteiger partial charge is 0.331 e. The number of alkyl halides is 9. The summed E-state index contributed by atoms with van der Waals surface area (Å²) in [6.45, 7) is 1.48. The lowest BCUT2D eigenvalue weighted by molar-refractivity contribution is -0.519. The molecule has 0 rings (SSSR count). The molecule has 0 aliphatic rings. The second-order valence-corrected chi connectivity index (χ2v) is 5.75. The van der Waals surface area contributed by atoms with Gasteiger partial charge in [-0.1, -0.05) is 13.3 Å². The third-order valence-corrected chi connectivity index (χ3v) is 3.05. The normalized spacial score (nSPS) is 17.8. The molecule has 0 spiro atoms. The van der Waals surface area contributed by atoms with E-state index in [1.54, 1.807) is 0 Å². The Morgan fingerprint density at radius 3 is 1.50 bits per heavy atom. The lowest BCUT2D eigenvalue weighted by atomic mass is 9.91. The van der Waals surface area contributed by atoms with Crippen LogP contribution < -0.4 is 0 Å². The minimum atomic E-state index is -5.80. The van der Waals surface area contributed by atoms with Gasteiger partial charge in [-0.3, -0.25) is 4.74 Å². The van der Waals surface area contributed by atoms with E-state index in [1.807, 2.05) is 0 Å². The fraction of sp³-hybridized carbons (Fsp3) is 1.00. The van der Waals surface area contributed by atoms with Crippen molar-refractivity contribution in [1.29, 1.82) is 0 Å². The quantitative estimate of drug-likeness (QED) is 0.466. The van der Waals surface area contributed by atoms with Gasteiger partial charge in [0.25, 0.3) is 0 Å². The molecule has 1 N–H and O–H groups in total. The zero-order valence-corrected chi connectivity index (χ0v) is 13.1. The first-order valence-electron chi connectivity index (χ1n) is 6.55. The molecule has 0 aromatic heterocycles. The van der Waals surface area contributed by atoms with Crippen LogP contribution in [-0.2, 0) is 9.47 Å². The molecule has 0 saturated carbocycles. The summed E-state index contributed by atoms with van der Waals surface area (Å²) in [6, 6.07) is 0.